The summed E-state index contributed by atoms with van der Waals surface area (Å²) in [5.41, 5.74) is 0.306. The summed E-state index contributed by atoms with van der Waals surface area (Å²) in [6, 6.07) is 6.16. The molecule has 8 heteroatoms. The van der Waals surface area contributed by atoms with Gasteiger partial charge in [-0.3, -0.25) is 0 Å². The van der Waals surface area contributed by atoms with Gasteiger partial charge in [-0.1, -0.05) is 12.1 Å². The fraction of sp³-hybridized carbons (Fsp3) is 0.533. The molecule has 1 aromatic rings. The van der Waals surface area contributed by atoms with Crippen molar-refractivity contribution < 1.29 is 17.7 Å². The second-order valence-corrected chi connectivity index (χ2v) is 8.73. The molecule has 1 aromatic carbocycles. The van der Waals surface area contributed by atoms with Crippen LogP contribution < -0.4 is 10.2 Å². The smallest absolute Gasteiger partial charge is 0.173 e. The molecule has 1 fully saturated rings. The molecule has 1 aliphatic rings. The molecule has 128 valence electrons. The Bertz CT molecular complexity index is 664. The van der Waals surface area contributed by atoms with Crippen molar-refractivity contribution >= 4 is 32.9 Å². The van der Waals surface area contributed by atoms with Crippen LogP contribution in [0.15, 0.2) is 24.3 Å². The highest BCUT2D eigenvalue weighted by molar-refractivity contribution is 7.91. The van der Waals surface area contributed by atoms with Gasteiger partial charge in [-0.15, -0.1) is 0 Å². The second kappa shape index (κ2) is 7.55. The zero-order valence-corrected chi connectivity index (χ0v) is 15.0. The third kappa shape index (κ3) is 5.12. The van der Waals surface area contributed by atoms with E-state index in [1.54, 1.807) is 18.2 Å². The van der Waals surface area contributed by atoms with E-state index in [4.69, 9.17) is 12.2 Å². The molecule has 1 saturated heterocycles. The molecule has 0 radical (unpaired) electrons. The highest BCUT2D eigenvalue weighted by atomic mass is 32.2. The zero-order chi connectivity index (χ0) is 17.0. The van der Waals surface area contributed by atoms with Crippen molar-refractivity contribution in [2.45, 2.75) is 12.5 Å². The number of anilines is 1. The molecule has 0 spiro atoms. The summed E-state index contributed by atoms with van der Waals surface area (Å²) in [7, 11) is 1.05. The summed E-state index contributed by atoms with van der Waals surface area (Å²) in [6.07, 6.45) is 0.560. The minimum absolute atomic E-state index is 0.106. The van der Waals surface area contributed by atoms with Gasteiger partial charge >= 0.3 is 0 Å². The molecule has 0 amide bonds. The SMILES string of the molecule is C[NH+](C)CCN(C(=S)Nc1ccccc1F)[C@@H]1CCS(=O)(=O)C1. The van der Waals surface area contributed by atoms with E-state index in [0.29, 0.717) is 23.8 Å². The normalized spacial score (nSPS) is 19.7. The number of para-hydroxylation sites is 1. The molecule has 0 bridgehead atoms. The number of thiocarbonyl (C=S) groups is 1. The van der Waals surface area contributed by atoms with Crippen LogP contribution in [0.3, 0.4) is 0 Å². The van der Waals surface area contributed by atoms with E-state index in [1.165, 1.54) is 11.0 Å². The van der Waals surface area contributed by atoms with Crippen molar-refractivity contribution in [2.75, 3.05) is 44.0 Å². The standard InChI is InChI=1S/C15H22FN3O2S2/c1-18(2)8-9-19(12-7-10-23(20,21)11-12)15(22)17-14-6-4-3-5-13(14)16/h3-6,12H,7-11H2,1-2H3,(H,17,22)/p+1/t12-/m1/s1. The van der Waals surface area contributed by atoms with E-state index >= 15 is 0 Å². The van der Waals surface area contributed by atoms with Gasteiger partial charge in [0.25, 0.3) is 0 Å². The summed E-state index contributed by atoms with van der Waals surface area (Å²) in [5.74, 6) is -0.0905. The van der Waals surface area contributed by atoms with Crippen LogP contribution in [0, 0.1) is 5.82 Å². The zero-order valence-electron chi connectivity index (χ0n) is 13.4. The Labute approximate surface area is 142 Å². The van der Waals surface area contributed by atoms with Crippen molar-refractivity contribution in [3.8, 4) is 0 Å². The summed E-state index contributed by atoms with van der Waals surface area (Å²) < 4.78 is 37.3. The molecule has 23 heavy (non-hydrogen) atoms. The van der Waals surface area contributed by atoms with Crippen LogP contribution in [0.2, 0.25) is 0 Å². The maximum absolute atomic E-state index is 13.8. The Morgan fingerprint density at radius 2 is 2.13 bits per heavy atom. The molecule has 0 saturated carbocycles. The first-order valence-electron chi connectivity index (χ1n) is 7.60. The number of hydrogen-bond donors (Lipinski definition) is 2. The number of halogens is 1. The number of rotatable bonds is 5. The molecule has 2 rings (SSSR count). The first-order valence-corrected chi connectivity index (χ1v) is 9.83. The van der Waals surface area contributed by atoms with E-state index in [9.17, 15) is 12.8 Å². The Morgan fingerprint density at radius 1 is 1.43 bits per heavy atom. The lowest BCUT2D eigenvalue weighted by Crippen LogP contribution is -3.06. The van der Waals surface area contributed by atoms with Crippen LogP contribution in [-0.4, -0.2) is 63.2 Å². The third-order valence-electron chi connectivity index (χ3n) is 3.88. The molecular weight excluding hydrogens is 337 g/mol. The van der Waals surface area contributed by atoms with Crippen LogP contribution in [0.4, 0.5) is 10.1 Å². The Kier molecular flexibility index (Phi) is 5.94. The monoisotopic (exact) mass is 360 g/mol. The fourth-order valence-corrected chi connectivity index (χ4v) is 4.65. The minimum Gasteiger partial charge on any atom is -0.339 e. The van der Waals surface area contributed by atoms with Crippen molar-refractivity contribution in [1.82, 2.24) is 4.90 Å². The molecule has 0 unspecified atom stereocenters. The molecule has 1 aliphatic heterocycles. The molecule has 5 nitrogen and oxygen atoms in total. The predicted molar refractivity (Wildman–Crippen MR) is 94.1 cm³/mol. The number of sulfone groups is 1. The molecule has 1 atom stereocenters. The van der Waals surface area contributed by atoms with Gasteiger partial charge in [-0.2, -0.15) is 0 Å². The van der Waals surface area contributed by atoms with E-state index in [1.807, 2.05) is 19.0 Å². The minimum atomic E-state index is -3.00. The van der Waals surface area contributed by atoms with Crippen LogP contribution in [0.25, 0.3) is 0 Å². The Morgan fingerprint density at radius 3 is 2.70 bits per heavy atom. The molecule has 1 heterocycles. The summed E-state index contributed by atoms with van der Waals surface area (Å²) >= 11 is 5.42. The molecule has 2 N–H and O–H groups in total. The molecule has 0 aliphatic carbocycles. The van der Waals surface area contributed by atoms with Gasteiger partial charge in [-0.25, -0.2) is 12.8 Å². The predicted octanol–water partition coefficient (Wildman–Crippen LogP) is 0.156. The van der Waals surface area contributed by atoms with Crippen LogP contribution >= 0.6 is 12.2 Å². The quantitative estimate of drug-likeness (QED) is 0.733. The average Bonchev–Trinajstić information content (AvgIpc) is 2.81. The van der Waals surface area contributed by atoms with Gasteiger partial charge < -0.3 is 15.1 Å². The van der Waals surface area contributed by atoms with Crippen molar-refractivity contribution in [3.05, 3.63) is 30.1 Å². The number of quaternary nitrogens is 1. The molecule has 0 aromatic heterocycles. The average molecular weight is 361 g/mol. The summed E-state index contributed by atoms with van der Waals surface area (Å²) in [4.78, 5) is 3.13. The van der Waals surface area contributed by atoms with Gasteiger partial charge in [0.2, 0.25) is 0 Å². The first kappa shape index (κ1) is 18.1. The lowest BCUT2D eigenvalue weighted by Gasteiger charge is -2.31. The fourth-order valence-electron chi connectivity index (χ4n) is 2.56. The summed E-state index contributed by atoms with van der Waals surface area (Å²) in [6.45, 7) is 1.44. The van der Waals surface area contributed by atoms with Crippen molar-refractivity contribution in [3.63, 3.8) is 0 Å². The van der Waals surface area contributed by atoms with Gasteiger partial charge in [-0.05, 0) is 30.8 Å². The lowest BCUT2D eigenvalue weighted by molar-refractivity contribution is -0.857. The number of likely N-dealkylation sites (N-methyl/N-ethyl adjacent to an activating group) is 1. The topological polar surface area (TPSA) is 53.9 Å². The van der Waals surface area contributed by atoms with Gasteiger partial charge in [0.15, 0.2) is 14.9 Å². The van der Waals surface area contributed by atoms with Gasteiger partial charge in [0.05, 0.1) is 44.4 Å². The maximum atomic E-state index is 13.8. The number of benzene rings is 1. The van der Waals surface area contributed by atoms with E-state index in [2.05, 4.69) is 5.32 Å². The van der Waals surface area contributed by atoms with Crippen LogP contribution in [-0.2, 0) is 9.84 Å². The van der Waals surface area contributed by atoms with Crippen molar-refractivity contribution in [1.29, 1.82) is 0 Å². The van der Waals surface area contributed by atoms with Gasteiger partial charge in [0.1, 0.15) is 5.82 Å². The van der Waals surface area contributed by atoms with Crippen molar-refractivity contribution in [2.24, 2.45) is 0 Å². The lowest BCUT2D eigenvalue weighted by atomic mass is 10.2. The van der Waals surface area contributed by atoms with E-state index < -0.39 is 9.84 Å². The Balaban J connectivity index is 2.12. The number of hydrogen-bond acceptors (Lipinski definition) is 3. The maximum Gasteiger partial charge on any atom is 0.173 e. The van der Waals surface area contributed by atoms with E-state index in [0.717, 1.165) is 6.54 Å². The van der Waals surface area contributed by atoms with E-state index in [-0.39, 0.29) is 23.4 Å². The highest BCUT2D eigenvalue weighted by Gasteiger charge is 2.33. The number of nitrogens with one attached hydrogen (secondary N) is 2. The molecular formula is C15H23FN3O2S2+. The van der Waals surface area contributed by atoms with Crippen LogP contribution in [0.5, 0.6) is 0 Å². The first-order chi connectivity index (χ1) is 10.8. The van der Waals surface area contributed by atoms with Crippen LogP contribution in [0.1, 0.15) is 6.42 Å². The largest absolute Gasteiger partial charge is 0.339 e. The number of nitrogens with zero attached hydrogens (tertiary/aromatic N) is 1. The summed E-state index contributed by atoms with van der Waals surface area (Å²) in [5, 5.41) is 3.29. The second-order valence-electron chi connectivity index (χ2n) is 6.12. The Hall–Kier alpha value is -1.25. The highest BCUT2D eigenvalue weighted by Crippen LogP contribution is 2.20. The third-order valence-corrected chi connectivity index (χ3v) is 5.97. The van der Waals surface area contributed by atoms with Gasteiger partial charge in [0, 0.05) is 6.04 Å².